The molecule has 0 bridgehead atoms. The van der Waals surface area contributed by atoms with Crippen LogP contribution in [0.2, 0.25) is 0 Å². The lowest BCUT2D eigenvalue weighted by Crippen LogP contribution is -2.02. The number of rotatable bonds is 0. The van der Waals surface area contributed by atoms with Gasteiger partial charge in [-0.3, -0.25) is 0 Å². The fourth-order valence-electron chi connectivity index (χ4n) is 0.0735. The average Bonchev–Trinajstić information content (AvgIpc) is 1.62. The maximum absolute atomic E-state index is 9.47. The van der Waals surface area contributed by atoms with Crippen LogP contribution in [0, 0.1) is 5.41 Å². The number of carbonyl (C=O) groups is 1. The van der Waals surface area contributed by atoms with E-state index in [1.54, 1.807) is 5.16 Å². The molecular weight excluding hydrogens is 178 g/mol. The van der Waals surface area contributed by atoms with Gasteiger partial charge in [-0.2, -0.15) is 8.42 Å². The number of nitrogens with zero attached hydrogens (tertiary/aromatic N) is 1. The molecule has 6 nitrogen and oxygen atoms in total. The van der Waals surface area contributed by atoms with Gasteiger partial charge in [0.15, 0.2) is 0 Å². The van der Waals surface area contributed by atoms with Crippen LogP contribution in [0.4, 0.5) is 4.79 Å². The molecule has 0 spiro atoms. The first-order valence-electron chi connectivity index (χ1n) is 1.69. The van der Waals surface area contributed by atoms with Crippen LogP contribution in [0.1, 0.15) is 0 Å². The highest BCUT2D eigenvalue weighted by atomic mass is 32.2. The predicted octanol–water partition coefficient (Wildman–Crippen LogP) is -0.204. The molecule has 10 heavy (non-hydrogen) atoms. The molecule has 8 heteroatoms. The van der Waals surface area contributed by atoms with E-state index >= 15 is 0 Å². The van der Waals surface area contributed by atoms with Crippen LogP contribution in [0.25, 0.3) is 0 Å². The number of isothiocyanates is 1. The summed E-state index contributed by atoms with van der Waals surface area (Å²) in [5.74, 6) is 0. The van der Waals surface area contributed by atoms with E-state index < -0.39 is 16.5 Å². The average molecular weight is 181 g/mol. The van der Waals surface area contributed by atoms with E-state index in [9.17, 15) is 13.2 Å². The zero-order valence-electron chi connectivity index (χ0n) is 4.57. The third-order valence-corrected chi connectivity index (χ3v) is 0.494. The summed E-state index contributed by atoms with van der Waals surface area (Å²) < 4.78 is 21.0. The molecule has 0 saturated carbocycles. The van der Waals surface area contributed by atoms with Crippen molar-refractivity contribution in [3.8, 4) is 0 Å². The zero-order chi connectivity index (χ0) is 8.57. The lowest BCUT2D eigenvalue weighted by Gasteiger charge is -1.64. The summed E-state index contributed by atoms with van der Waals surface area (Å²) in [4.78, 5) is 9.47. The van der Waals surface area contributed by atoms with Crippen LogP contribution < -0.4 is 5.73 Å². The van der Waals surface area contributed by atoms with Crippen molar-refractivity contribution in [1.29, 1.82) is 5.41 Å². The smallest absolute Gasteiger partial charge is 0.349 e. The summed E-state index contributed by atoms with van der Waals surface area (Å²) in [5.41, 5.74) is 4.29. The first kappa shape index (κ1) is 11.7. The van der Waals surface area contributed by atoms with E-state index in [2.05, 4.69) is 22.3 Å². The molecule has 0 radical (unpaired) electrons. The van der Waals surface area contributed by atoms with Gasteiger partial charge in [-0.25, -0.2) is 10.2 Å². The van der Waals surface area contributed by atoms with Gasteiger partial charge in [-0.1, -0.05) is 4.36 Å². The SMILES string of the molecule is N=C=S.NC(=O)N=S(=O)=O. The van der Waals surface area contributed by atoms with E-state index in [0.717, 1.165) is 0 Å². The number of thiocarbonyl (C=S) groups is 1. The number of hydrogen-bond donors (Lipinski definition) is 2. The van der Waals surface area contributed by atoms with Crippen molar-refractivity contribution in [2.75, 3.05) is 0 Å². The molecule has 0 aliphatic carbocycles. The maximum Gasteiger partial charge on any atom is 0.353 e. The highest BCUT2D eigenvalue weighted by Crippen LogP contribution is 1.60. The number of amides is 2. The summed E-state index contributed by atoms with van der Waals surface area (Å²) in [6.07, 6.45) is 0. The molecule has 0 heterocycles. The van der Waals surface area contributed by atoms with Crippen molar-refractivity contribution in [1.82, 2.24) is 0 Å². The highest BCUT2D eigenvalue weighted by molar-refractivity contribution is 7.78. The number of nitrogens with one attached hydrogen (secondary N) is 1. The number of urea groups is 1. The third kappa shape index (κ3) is 28.6. The normalized spacial score (nSPS) is 6.00. The topological polar surface area (TPSA) is 113 Å². The van der Waals surface area contributed by atoms with E-state index in [1.165, 1.54) is 0 Å². The van der Waals surface area contributed by atoms with Gasteiger partial charge in [0, 0.05) is 0 Å². The minimum Gasteiger partial charge on any atom is -0.349 e. The molecule has 0 rings (SSSR count). The minimum atomic E-state index is -2.70. The Kier molecular flexibility index (Phi) is 9.20. The van der Waals surface area contributed by atoms with Gasteiger partial charge in [0.25, 0.3) is 0 Å². The Morgan fingerprint density at radius 1 is 1.70 bits per heavy atom. The Hall–Kier alpha value is -1.11. The molecule has 0 aliphatic heterocycles. The molecule has 0 atom stereocenters. The fraction of sp³-hybridized carbons (Fsp3) is 0. The van der Waals surface area contributed by atoms with E-state index in [4.69, 9.17) is 5.41 Å². The predicted molar refractivity (Wildman–Crippen MR) is 36.2 cm³/mol. The molecule has 56 valence electrons. The standard InChI is InChI=1S/CH2N2O3S.CHNS/c2-1(4)3-7(5)6;2-1-3/h(H2,2,4);2H. The van der Waals surface area contributed by atoms with Crippen molar-refractivity contribution in [3.63, 3.8) is 0 Å². The zero-order valence-corrected chi connectivity index (χ0v) is 6.20. The Morgan fingerprint density at radius 2 is 2.00 bits per heavy atom. The van der Waals surface area contributed by atoms with Crippen LogP contribution >= 0.6 is 12.2 Å². The molecule has 3 N–H and O–H groups in total. The Morgan fingerprint density at radius 3 is 2.00 bits per heavy atom. The Bertz CT molecular complexity index is 251. The lowest BCUT2D eigenvalue weighted by atomic mass is 11.2. The van der Waals surface area contributed by atoms with Crippen LogP contribution in [-0.2, 0) is 10.5 Å². The molecule has 0 aromatic carbocycles. The first-order chi connectivity index (χ1) is 4.54. The second kappa shape index (κ2) is 7.89. The minimum absolute atomic E-state index is 1.20. The van der Waals surface area contributed by atoms with Gasteiger partial charge in [0.2, 0.25) is 0 Å². The van der Waals surface area contributed by atoms with Gasteiger partial charge >= 0.3 is 16.5 Å². The number of hydrogen-bond acceptors (Lipinski definition) is 5. The lowest BCUT2D eigenvalue weighted by molar-refractivity contribution is 0.257. The van der Waals surface area contributed by atoms with Gasteiger partial charge in [0.05, 0.1) is 5.16 Å². The van der Waals surface area contributed by atoms with Crippen LogP contribution in [0.3, 0.4) is 0 Å². The fourth-order valence-corrected chi connectivity index (χ4v) is 0.220. The second-order valence-corrected chi connectivity index (χ2v) is 1.57. The van der Waals surface area contributed by atoms with Crippen molar-refractivity contribution in [2.45, 2.75) is 0 Å². The summed E-state index contributed by atoms with van der Waals surface area (Å²) in [5, 5.41) is 7.36. The molecule has 0 aromatic rings. The van der Waals surface area contributed by atoms with E-state index in [-0.39, 0.29) is 0 Å². The maximum atomic E-state index is 9.47. The summed E-state index contributed by atoms with van der Waals surface area (Å²) in [6, 6.07) is -1.20. The largest absolute Gasteiger partial charge is 0.353 e. The van der Waals surface area contributed by atoms with Gasteiger partial charge in [-0.05, 0) is 12.2 Å². The second-order valence-electron chi connectivity index (χ2n) is 0.749. The van der Waals surface area contributed by atoms with Crippen molar-refractivity contribution < 1.29 is 13.2 Å². The molecule has 0 aliphatic rings. The summed E-state index contributed by atoms with van der Waals surface area (Å²) >= 11 is 3.81. The number of primary amides is 1. The molecule has 0 unspecified atom stereocenters. The van der Waals surface area contributed by atoms with Crippen molar-refractivity contribution in [3.05, 3.63) is 0 Å². The van der Waals surface area contributed by atoms with Crippen molar-refractivity contribution >= 4 is 33.9 Å². The van der Waals surface area contributed by atoms with Crippen LogP contribution in [0.5, 0.6) is 0 Å². The molecular formula is C2H3N3O3S2. The molecule has 0 aromatic heterocycles. The summed E-state index contributed by atoms with van der Waals surface area (Å²) in [7, 11) is -2.70. The number of nitrogens with two attached hydrogens (primary N) is 1. The molecule has 0 saturated heterocycles. The highest BCUT2D eigenvalue weighted by Gasteiger charge is 1.80. The van der Waals surface area contributed by atoms with Crippen LogP contribution in [-0.4, -0.2) is 19.6 Å². The quantitative estimate of drug-likeness (QED) is 0.397. The van der Waals surface area contributed by atoms with Gasteiger partial charge < -0.3 is 5.73 Å². The van der Waals surface area contributed by atoms with Gasteiger partial charge in [-0.15, -0.1) is 0 Å². The third-order valence-electron chi connectivity index (χ3n) is 0.165. The number of carbonyl (C=O) groups excluding carboxylic acids is 1. The summed E-state index contributed by atoms with van der Waals surface area (Å²) in [6.45, 7) is 0. The van der Waals surface area contributed by atoms with Crippen molar-refractivity contribution in [2.24, 2.45) is 10.1 Å². The van der Waals surface area contributed by atoms with Gasteiger partial charge in [0.1, 0.15) is 0 Å². The van der Waals surface area contributed by atoms with E-state index in [1.807, 2.05) is 0 Å². The molecule has 2 amide bonds. The first-order valence-corrected chi connectivity index (χ1v) is 3.13. The monoisotopic (exact) mass is 181 g/mol. The van der Waals surface area contributed by atoms with E-state index in [0.29, 0.717) is 0 Å². The Balaban J connectivity index is 0. The molecule has 0 fully saturated rings. The van der Waals surface area contributed by atoms with Crippen LogP contribution in [0.15, 0.2) is 4.36 Å². The Labute approximate surface area is 63.2 Å².